The number of hydrogen-bond donors (Lipinski definition) is 2. The average molecular weight is 242 g/mol. The predicted molar refractivity (Wildman–Crippen MR) is 61.5 cm³/mol. The molecule has 0 saturated heterocycles. The molecular formula is C10H12ClN3O2. The summed E-state index contributed by atoms with van der Waals surface area (Å²) in [5, 5.41) is 3.86. The van der Waals surface area contributed by atoms with E-state index in [1.165, 1.54) is 6.92 Å². The largest absolute Gasteiger partial charge is 0.325 e. The van der Waals surface area contributed by atoms with Crippen LogP contribution in [0.2, 0.25) is 0 Å². The lowest BCUT2D eigenvalue weighted by atomic mass is 10.3. The molecule has 86 valence electrons. The number of amides is 3. The molecule has 0 aliphatic rings. The molecule has 1 aromatic rings. The molecule has 2 N–H and O–H groups in total. The third-order valence-corrected chi connectivity index (χ3v) is 2.05. The van der Waals surface area contributed by atoms with E-state index in [9.17, 15) is 9.59 Å². The van der Waals surface area contributed by atoms with Crippen LogP contribution < -0.4 is 10.6 Å². The fourth-order valence-electron chi connectivity index (χ4n) is 0.981. The molecule has 3 amide bonds. The number of hydrogen-bond acceptors (Lipinski definition) is 3. The Hall–Kier alpha value is -1.62. The molecule has 0 aromatic carbocycles. The Balaban J connectivity index is 2.59. The Bertz CT molecular complexity index is 407. The molecule has 0 aliphatic carbocycles. The van der Waals surface area contributed by atoms with Crippen molar-refractivity contribution in [2.45, 2.75) is 19.2 Å². The number of urea groups is 1. The van der Waals surface area contributed by atoms with Crippen LogP contribution in [0.15, 0.2) is 18.3 Å². The van der Waals surface area contributed by atoms with E-state index in [0.717, 1.165) is 0 Å². The van der Waals surface area contributed by atoms with E-state index < -0.39 is 17.3 Å². The van der Waals surface area contributed by atoms with E-state index in [-0.39, 0.29) is 0 Å². The third kappa shape index (κ3) is 3.51. The number of pyridine rings is 1. The number of carbonyl (C=O) groups excluding carboxylic acids is 2. The second-order valence-electron chi connectivity index (χ2n) is 3.20. The van der Waals surface area contributed by atoms with Crippen molar-refractivity contribution in [1.82, 2.24) is 10.3 Å². The number of nitrogens with one attached hydrogen (secondary N) is 2. The summed E-state index contributed by atoms with van der Waals surface area (Å²) in [5.74, 6) is -0.541. The molecule has 1 unspecified atom stereocenters. The normalized spacial score (nSPS) is 11.7. The highest BCUT2D eigenvalue weighted by atomic mass is 35.5. The molecule has 5 nitrogen and oxygen atoms in total. The van der Waals surface area contributed by atoms with Crippen molar-refractivity contribution < 1.29 is 9.59 Å². The fraction of sp³-hybridized carbons (Fsp3) is 0.300. The lowest BCUT2D eigenvalue weighted by molar-refractivity contribution is -0.119. The van der Waals surface area contributed by atoms with Crippen molar-refractivity contribution in [3.05, 3.63) is 24.0 Å². The number of rotatable bonds is 2. The summed E-state index contributed by atoms with van der Waals surface area (Å²) >= 11 is 5.50. The SMILES string of the molecule is Cc1ncccc1NC(=O)NC(=O)C(C)Cl. The van der Waals surface area contributed by atoms with Crippen molar-refractivity contribution in [3.8, 4) is 0 Å². The van der Waals surface area contributed by atoms with Crippen molar-refractivity contribution in [2.24, 2.45) is 0 Å². The molecule has 0 spiro atoms. The Morgan fingerprint density at radius 2 is 2.19 bits per heavy atom. The number of anilines is 1. The molecule has 0 saturated carbocycles. The van der Waals surface area contributed by atoms with Gasteiger partial charge in [0.25, 0.3) is 0 Å². The number of nitrogens with zero attached hydrogens (tertiary/aromatic N) is 1. The topological polar surface area (TPSA) is 71.1 Å². The first-order valence-corrected chi connectivity index (χ1v) is 5.12. The van der Waals surface area contributed by atoms with Crippen LogP contribution in [-0.4, -0.2) is 22.3 Å². The lowest BCUT2D eigenvalue weighted by Gasteiger charge is -2.08. The summed E-state index contributed by atoms with van der Waals surface area (Å²) in [4.78, 5) is 26.5. The van der Waals surface area contributed by atoms with Crippen LogP contribution in [-0.2, 0) is 4.79 Å². The summed E-state index contributed by atoms with van der Waals surface area (Å²) in [6.07, 6.45) is 1.62. The zero-order valence-corrected chi connectivity index (χ0v) is 9.71. The van der Waals surface area contributed by atoms with Gasteiger partial charge < -0.3 is 5.32 Å². The zero-order chi connectivity index (χ0) is 12.1. The number of aryl methyl sites for hydroxylation is 1. The number of carbonyl (C=O) groups is 2. The van der Waals surface area contributed by atoms with Gasteiger partial charge in [0.1, 0.15) is 5.38 Å². The van der Waals surface area contributed by atoms with Gasteiger partial charge in [-0.1, -0.05) is 0 Å². The van der Waals surface area contributed by atoms with E-state index in [1.54, 1.807) is 25.3 Å². The highest BCUT2D eigenvalue weighted by molar-refractivity contribution is 6.31. The van der Waals surface area contributed by atoms with Gasteiger partial charge in [-0.2, -0.15) is 0 Å². The van der Waals surface area contributed by atoms with Crippen LogP contribution in [0.25, 0.3) is 0 Å². The van der Waals surface area contributed by atoms with E-state index in [4.69, 9.17) is 11.6 Å². The minimum atomic E-state index is -0.749. The maximum Gasteiger partial charge on any atom is 0.325 e. The van der Waals surface area contributed by atoms with E-state index in [2.05, 4.69) is 15.6 Å². The van der Waals surface area contributed by atoms with E-state index in [1.807, 2.05) is 0 Å². The fourth-order valence-corrected chi connectivity index (χ4v) is 1.04. The van der Waals surface area contributed by atoms with Crippen molar-refractivity contribution >= 4 is 29.2 Å². The van der Waals surface area contributed by atoms with Gasteiger partial charge in [0, 0.05) is 6.20 Å². The molecule has 0 fully saturated rings. The van der Waals surface area contributed by atoms with Gasteiger partial charge in [-0.15, -0.1) is 11.6 Å². The Morgan fingerprint density at radius 3 is 2.75 bits per heavy atom. The Morgan fingerprint density at radius 1 is 1.50 bits per heavy atom. The standard InChI is InChI=1S/C10H12ClN3O2/c1-6(11)9(15)14-10(16)13-8-4-3-5-12-7(8)2/h3-6H,1-2H3,(H2,13,14,15,16). The molecule has 0 bridgehead atoms. The second-order valence-corrected chi connectivity index (χ2v) is 3.85. The monoisotopic (exact) mass is 241 g/mol. The van der Waals surface area contributed by atoms with Crippen LogP contribution in [0.5, 0.6) is 0 Å². The Labute approximate surface area is 98.2 Å². The van der Waals surface area contributed by atoms with Crippen LogP contribution in [0.4, 0.5) is 10.5 Å². The number of imide groups is 1. The Kier molecular flexibility index (Phi) is 4.25. The van der Waals surface area contributed by atoms with E-state index >= 15 is 0 Å². The molecule has 1 aromatic heterocycles. The highest BCUT2D eigenvalue weighted by Crippen LogP contribution is 2.09. The number of halogens is 1. The van der Waals surface area contributed by atoms with Crippen molar-refractivity contribution in [3.63, 3.8) is 0 Å². The summed E-state index contributed by atoms with van der Waals surface area (Å²) in [6.45, 7) is 3.24. The molecule has 16 heavy (non-hydrogen) atoms. The first kappa shape index (κ1) is 12.4. The molecular weight excluding hydrogens is 230 g/mol. The quantitative estimate of drug-likeness (QED) is 0.774. The smallest absolute Gasteiger partial charge is 0.306 e. The zero-order valence-electron chi connectivity index (χ0n) is 8.95. The summed E-state index contributed by atoms with van der Waals surface area (Å²) in [6, 6.07) is 2.76. The van der Waals surface area contributed by atoms with Crippen molar-refractivity contribution in [2.75, 3.05) is 5.32 Å². The summed E-state index contributed by atoms with van der Waals surface area (Å²) < 4.78 is 0. The summed E-state index contributed by atoms with van der Waals surface area (Å²) in [7, 11) is 0. The van der Waals surface area contributed by atoms with Gasteiger partial charge >= 0.3 is 6.03 Å². The minimum absolute atomic E-state index is 0.541. The number of alkyl halides is 1. The predicted octanol–water partition coefficient (Wildman–Crippen LogP) is 1.67. The molecule has 1 atom stereocenters. The minimum Gasteiger partial charge on any atom is -0.306 e. The molecule has 0 radical (unpaired) electrons. The van der Waals surface area contributed by atoms with Crippen molar-refractivity contribution in [1.29, 1.82) is 0 Å². The number of aromatic nitrogens is 1. The van der Waals surface area contributed by atoms with Gasteiger partial charge in [-0.25, -0.2) is 4.79 Å². The van der Waals surface area contributed by atoms with Gasteiger partial charge in [-0.05, 0) is 26.0 Å². The van der Waals surface area contributed by atoms with Crippen LogP contribution in [0.3, 0.4) is 0 Å². The lowest BCUT2D eigenvalue weighted by Crippen LogP contribution is -2.38. The van der Waals surface area contributed by atoms with Gasteiger partial charge in [0.05, 0.1) is 11.4 Å². The first-order valence-electron chi connectivity index (χ1n) is 4.68. The highest BCUT2D eigenvalue weighted by Gasteiger charge is 2.13. The van der Waals surface area contributed by atoms with Crippen LogP contribution >= 0.6 is 11.6 Å². The average Bonchev–Trinajstić information content (AvgIpc) is 2.21. The van der Waals surface area contributed by atoms with E-state index in [0.29, 0.717) is 11.4 Å². The van der Waals surface area contributed by atoms with Gasteiger partial charge in [-0.3, -0.25) is 15.1 Å². The third-order valence-electron chi connectivity index (χ3n) is 1.85. The van der Waals surface area contributed by atoms with Crippen LogP contribution in [0, 0.1) is 6.92 Å². The molecule has 0 aliphatic heterocycles. The first-order chi connectivity index (χ1) is 7.50. The van der Waals surface area contributed by atoms with Gasteiger partial charge in [0.2, 0.25) is 5.91 Å². The second kappa shape index (κ2) is 5.46. The maximum absolute atomic E-state index is 11.4. The molecule has 1 rings (SSSR count). The molecule has 6 heteroatoms. The van der Waals surface area contributed by atoms with Crippen LogP contribution in [0.1, 0.15) is 12.6 Å². The molecule has 1 heterocycles. The maximum atomic E-state index is 11.4. The summed E-state index contributed by atoms with van der Waals surface area (Å²) in [5.41, 5.74) is 1.22. The van der Waals surface area contributed by atoms with Gasteiger partial charge in [0.15, 0.2) is 0 Å².